The Kier molecular flexibility index (Phi) is 6.60. The first kappa shape index (κ1) is 25.7. The first-order chi connectivity index (χ1) is 16.9. The lowest BCUT2D eigenvalue weighted by atomic mass is 9.73. The van der Waals surface area contributed by atoms with Gasteiger partial charge in [0.05, 0.1) is 33.6 Å². The van der Waals surface area contributed by atoms with E-state index < -0.39 is 34.3 Å². The Morgan fingerprint density at radius 2 is 1.94 bits per heavy atom. The number of rotatable bonds is 5. The Labute approximate surface area is 210 Å². The monoisotopic (exact) mass is 516 g/mol. The molecule has 6 nitrogen and oxygen atoms in total. The number of benzene rings is 1. The van der Waals surface area contributed by atoms with Crippen molar-refractivity contribution in [2.75, 3.05) is 5.32 Å². The summed E-state index contributed by atoms with van der Waals surface area (Å²) in [4.78, 5) is 17.5. The van der Waals surface area contributed by atoms with E-state index in [1.165, 1.54) is 39.2 Å². The SMILES string of the molecule is C#C[C@H](C)c1cnc2c(Nc3cc(F)c(F)c([C@@]4(C)N=C(N)S[C@](C)(C(F)F)[C@H]4C)c3)nccc2n1. The molecule has 1 aliphatic rings. The standard InChI is InChI=1S/C25H24F4N6S/c1-6-12(2)18-11-32-20-17(34-18)7-8-31-21(20)33-14-9-15(19(27)16(26)10-14)24(4)13(3)25(5,22(28)29)36-23(30)35-24/h1,7-13,22H,2-5H3,(H2,30,35)(H,31,33)/t12-,13-,24-,25-/m0/s1. The van der Waals surface area contributed by atoms with Crippen LogP contribution in [0.25, 0.3) is 11.0 Å². The molecular weight excluding hydrogens is 492 g/mol. The van der Waals surface area contributed by atoms with Crippen molar-refractivity contribution >= 4 is 39.5 Å². The van der Waals surface area contributed by atoms with Crippen molar-refractivity contribution in [1.29, 1.82) is 0 Å². The third kappa shape index (κ3) is 4.23. The highest BCUT2D eigenvalue weighted by Crippen LogP contribution is 2.53. The van der Waals surface area contributed by atoms with E-state index in [1.807, 2.05) is 6.92 Å². The molecule has 0 spiro atoms. The van der Waals surface area contributed by atoms with Gasteiger partial charge >= 0.3 is 0 Å². The zero-order chi connectivity index (χ0) is 26.4. The molecule has 11 heteroatoms. The molecule has 0 saturated heterocycles. The molecule has 36 heavy (non-hydrogen) atoms. The van der Waals surface area contributed by atoms with Gasteiger partial charge in [-0.05, 0) is 32.9 Å². The number of nitrogens with zero attached hydrogens (tertiary/aromatic N) is 4. The molecule has 0 radical (unpaired) electrons. The smallest absolute Gasteiger partial charge is 0.253 e. The zero-order valence-corrected chi connectivity index (χ0v) is 20.8. The van der Waals surface area contributed by atoms with E-state index in [1.54, 1.807) is 6.07 Å². The largest absolute Gasteiger partial charge is 0.378 e. The Morgan fingerprint density at radius 1 is 1.22 bits per heavy atom. The Hall–Kier alpha value is -3.39. The highest BCUT2D eigenvalue weighted by molar-refractivity contribution is 8.15. The van der Waals surface area contributed by atoms with Crippen LogP contribution >= 0.6 is 11.8 Å². The Balaban J connectivity index is 1.80. The minimum absolute atomic E-state index is 0.125. The van der Waals surface area contributed by atoms with Gasteiger partial charge in [-0.15, -0.1) is 6.42 Å². The number of hydrogen-bond acceptors (Lipinski definition) is 7. The predicted molar refractivity (Wildman–Crippen MR) is 134 cm³/mol. The van der Waals surface area contributed by atoms with Gasteiger partial charge in [-0.1, -0.05) is 24.6 Å². The van der Waals surface area contributed by atoms with Gasteiger partial charge in [0.2, 0.25) is 0 Å². The van der Waals surface area contributed by atoms with E-state index in [0.717, 1.165) is 17.8 Å². The summed E-state index contributed by atoms with van der Waals surface area (Å²) in [7, 11) is 0. The van der Waals surface area contributed by atoms with E-state index >= 15 is 4.39 Å². The quantitative estimate of drug-likeness (QED) is 0.333. The van der Waals surface area contributed by atoms with Crippen LogP contribution in [-0.2, 0) is 5.54 Å². The van der Waals surface area contributed by atoms with Crippen molar-refractivity contribution in [3.63, 3.8) is 0 Å². The lowest BCUT2D eigenvalue weighted by Crippen LogP contribution is -2.52. The molecule has 0 aliphatic carbocycles. The number of nitrogens with two attached hydrogens (primary N) is 1. The number of aromatic nitrogens is 3. The lowest BCUT2D eigenvalue weighted by molar-refractivity contribution is 0.0571. The molecule has 0 bridgehead atoms. The van der Waals surface area contributed by atoms with Gasteiger partial charge in [0.25, 0.3) is 6.43 Å². The average Bonchev–Trinajstić information content (AvgIpc) is 2.83. The van der Waals surface area contributed by atoms with Gasteiger partial charge in [0.1, 0.15) is 5.52 Å². The van der Waals surface area contributed by atoms with Crippen LogP contribution < -0.4 is 11.1 Å². The average molecular weight is 517 g/mol. The molecule has 4 rings (SSSR count). The normalized spacial score (nSPS) is 24.9. The zero-order valence-electron chi connectivity index (χ0n) is 20.0. The first-order valence-corrected chi connectivity index (χ1v) is 11.9. The molecule has 0 unspecified atom stereocenters. The molecule has 1 aliphatic heterocycles. The van der Waals surface area contributed by atoms with Gasteiger partial charge in [-0.2, -0.15) is 0 Å². The fraction of sp³-hybridized carbons (Fsp3) is 0.360. The Bertz CT molecular complexity index is 1410. The van der Waals surface area contributed by atoms with Gasteiger partial charge in [-0.25, -0.2) is 32.5 Å². The van der Waals surface area contributed by atoms with Gasteiger partial charge in [-0.3, -0.25) is 4.99 Å². The lowest BCUT2D eigenvalue weighted by Gasteiger charge is -2.46. The minimum atomic E-state index is -2.78. The third-order valence-corrected chi connectivity index (χ3v) is 8.08. The number of alkyl halides is 2. The molecule has 3 heterocycles. The summed E-state index contributed by atoms with van der Waals surface area (Å²) in [6.07, 6.45) is 5.72. The number of terminal acetylenes is 1. The van der Waals surface area contributed by atoms with E-state index in [9.17, 15) is 13.2 Å². The molecule has 0 fully saturated rings. The van der Waals surface area contributed by atoms with Crippen LogP contribution in [-0.4, -0.2) is 31.3 Å². The van der Waals surface area contributed by atoms with E-state index in [2.05, 4.69) is 31.2 Å². The number of hydrogen-bond donors (Lipinski definition) is 2. The highest BCUT2D eigenvalue weighted by atomic mass is 32.2. The third-order valence-electron chi connectivity index (χ3n) is 6.81. The number of amidine groups is 1. The summed E-state index contributed by atoms with van der Waals surface area (Å²) >= 11 is 0.733. The molecule has 0 amide bonds. The van der Waals surface area contributed by atoms with E-state index in [0.29, 0.717) is 16.7 Å². The van der Waals surface area contributed by atoms with Crippen molar-refractivity contribution in [3.8, 4) is 12.3 Å². The number of nitrogens with one attached hydrogen (secondary N) is 1. The number of pyridine rings is 1. The second-order valence-electron chi connectivity index (χ2n) is 9.06. The molecule has 4 atom stereocenters. The topological polar surface area (TPSA) is 89.1 Å². The molecule has 3 N–H and O–H groups in total. The molecule has 0 saturated carbocycles. The molecular formula is C25H24F4N6S. The molecule has 188 valence electrons. The van der Waals surface area contributed by atoms with Crippen LogP contribution in [0.15, 0.2) is 35.6 Å². The minimum Gasteiger partial charge on any atom is -0.378 e. The second-order valence-corrected chi connectivity index (χ2v) is 10.6. The predicted octanol–water partition coefficient (Wildman–Crippen LogP) is 5.72. The maximum atomic E-state index is 15.1. The summed E-state index contributed by atoms with van der Waals surface area (Å²) in [5.74, 6) is -0.669. The van der Waals surface area contributed by atoms with Crippen molar-refractivity contribution in [3.05, 3.63) is 53.5 Å². The summed E-state index contributed by atoms with van der Waals surface area (Å²) in [6, 6.07) is 3.94. The number of halogens is 4. The van der Waals surface area contributed by atoms with Crippen molar-refractivity contribution in [1.82, 2.24) is 15.0 Å². The molecule has 1 aromatic carbocycles. The van der Waals surface area contributed by atoms with Gasteiger partial charge < -0.3 is 11.1 Å². The molecule has 3 aromatic rings. The number of anilines is 2. The fourth-order valence-electron chi connectivity index (χ4n) is 4.26. The van der Waals surface area contributed by atoms with Crippen LogP contribution in [0.5, 0.6) is 0 Å². The summed E-state index contributed by atoms with van der Waals surface area (Å²) in [5, 5.41) is 2.82. The van der Waals surface area contributed by atoms with Crippen LogP contribution in [0.3, 0.4) is 0 Å². The number of fused-ring (bicyclic) bond motifs is 1. The Morgan fingerprint density at radius 3 is 2.61 bits per heavy atom. The van der Waals surface area contributed by atoms with E-state index in [4.69, 9.17) is 12.2 Å². The van der Waals surface area contributed by atoms with Crippen molar-refractivity contribution in [2.24, 2.45) is 16.6 Å². The van der Waals surface area contributed by atoms with Crippen LogP contribution in [0.4, 0.5) is 29.1 Å². The first-order valence-electron chi connectivity index (χ1n) is 11.1. The highest BCUT2D eigenvalue weighted by Gasteiger charge is 2.54. The van der Waals surface area contributed by atoms with Crippen LogP contribution in [0, 0.1) is 29.9 Å². The van der Waals surface area contributed by atoms with Crippen molar-refractivity contribution in [2.45, 2.75) is 50.3 Å². The van der Waals surface area contributed by atoms with E-state index in [-0.39, 0.29) is 28.2 Å². The summed E-state index contributed by atoms with van der Waals surface area (Å²) in [5.41, 5.74) is 5.75. The van der Waals surface area contributed by atoms with Crippen LogP contribution in [0.2, 0.25) is 0 Å². The number of thioether (sulfide) groups is 1. The fourth-order valence-corrected chi connectivity index (χ4v) is 5.44. The van der Waals surface area contributed by atoms with Gasteiger partial charge in [0, 0.05) is 29.4 Å². The maximum Gasteiger partial charge on any atom is 0.253 e. The summed E-state index contributed by atoms with van der Waals surface area (Å²) in [6.45, 7) is 6.17. The molecule has 2 aromatic heterocycles. The second kappa shape index (κ2) is 9.24. The van der Waals surface area contributed by atoms with Crippen LogP contribution in [0.1, 0.15) is 44.9 Å². The van der Waals surface area contributed by atoms with Gasteiger partial charge in [0.15, 0.2) is 22.6 Å². The van der Waals surface area contributed by atoms with Crippen molar-refractivity contribution < 1.29 is 17.6 Å². The maximum absolute atomic E-state index is 15.1. The number of aliphatic imine (C=N–C) groups is 1. The summed E-state index contributed by atoms with van der Waals surface area (Å²) < 4.78 is 56.4.